The van der Waals surface area contributed by atoms with Gasteiger partial charge in [0.05, 0.1) is 11.3 Å². The summed E-state index contributed by atoms with van der Waals surface area (Å²) in [5.41, 5.74) is -0.581. The van der Waals surface area contributed by atoms with Crippen LogP contribution in [0.5, 0.6) is 0 Å². The van der Waals surface area contributed by atoms with Gasteiger partial charge in [-0.1, -0.05) is 0 Å². The smallest absolute Gasteiger partial charge is 0.435 e. The summed E-state index contributed by atoms with van der Waals surface area (Å²) in [6.45, 7) is 0. The Morgan fingerprint density at radius 3 is 2.16 bits per heavy atom. The monoisotopic (exact) mass is 292 g/mol. The van der Waals surface area contributed by atoms with Gasteiger partial charge in [0, 0.05) is 6.20 Å². The molecule has 2 aromatic rings. The van der Waals surface area contributed by atoms with E-state index in [4.69, 9.17) is 5.11 Å². The van der Waals surface area contributed by atoms with E-state index < -0.39 is 17.8 Å². The van der Waals surface area contributed by atoms with Gasteiger partial charge in [0.2, 0.25) is 0 Å². The maximum atomic E-state index is 12.3. The van der Waals surface area contributed by atoms with Crippen LogP contribution in [-0.4, -0.2) is 20.9 Å². The number of carbonyl (C=O) groups is 1. The molecule has 1 heterocycles. The maximum absolute atomic E-state index is 12.3. The van der Waals surface area contributed by atoms with Gasteiger partial charge in [0.25, 0.3) is 0 Å². The lowest BCUT2D eigenvalue weighted by molar-refractivity contribution is -0.141. The fourth-order valence-electron chi connectivity index (χ4n) is 1.38. The summed E-state index contributed by atoms with van der Waals surface area (Å²) in [6.07, 6.45) is -3.33. The molecule has 1 aromatic carbocycles. The maximum Gasteiger partial charge on any atom is 0.435 e. The minimum Gasteiger partial charge on any atom is -0.478 e. The van der Waals surface area contributed by atoms with Crippen molar-refractivity contribution in [3.63, 3.8) is 0 Å². The van der Waals surface area contributed by atoms with Crippen LogP contribution < -0.4 is 0 Å². The number of rotatable bonds is 2. The molecule has 0 fully saturated rings. The minimum absolute atomic E-state index is 0. The number of aromatic carboxylic acids is 1. The number of hydrogen-bond acceptors (Lipinski definition) is 2. The number of halogens is 4. The molecule has 0 spiro atoms. The third kappa shape index (κ3) is 3.25. The third-order valence-electron chi connectivity index (χ3n) is 2.26. The number of carboxylic acid groups (broad SMARTS) is 1. The summed E-state index contributed by atoms with van der Waals surface area (Å²) in [5, 5.41) is 12.1. The van der Waals surface area contributed by atoms with Crippen LogP contribution in [0.3, 0.4) is 0 Å². The Kier molecular flexibility index (Phi) is 4.21. The second-order valence-corrected chi connectivity index (χ2v) is 3.50. The molecule has 2 rings (SSSR count). The number of nitrogens with zero attached hydrogens (tertiary/aromatic N) is 2. The second kappa shape index (κ2) is 5.31. The van der Waals surface area contributed by atoms with Gasteiger partial charge in [-0.3, -0.25) is 0 Å². The summed E-state index contributed by atoms with van der Waals surface area (Å²) in [7, 11) is 0. The van der Waals surface area contributed by atoms with E-state index in [1.54, 1.807) is 0 Å². The molecule has 1 N–H and O–H groups in total. The van der Waals surface area contributed by atoms with E-state index in [0.717, 1.165) is 10.7 Å². The van der Waals surface area contributed by atoms with Crippen LogP contribution in [0.25, 0.3) is 5.69 Å². The average Bonchev–Trinajstić information content (AvgIpc) is 2.78. The first kappa shape index (κ1) is 15.0. The van der Waals surface area contributed by atoms with Gasteiger partial charge in [0.15, 0.2) is 5.69 Å². The number of hydrogen-bond donors (Lipinski definition) is 1. The van der Waals surface area contributed by atoms with E-state index in [-0.39, 0.29) is 18.0 Å². The third-order valence-corrected chi connectivity index (χ3v) is 2.26. The van der Waals surface area contributed by atoms with E-state index in [1.165, 1.54) is 30.5 Å². The molecule has 4 nitrogen and oxygen atoms in total. The summed E-state index contributed by atoms with van der Waals surface area (Å²) < 4.78 is 38.0. The van der Waals surface area contributed by atoms with Crippen LogP contribution in [0.15, 0.2) is 36.5 Å². The Morgan fingerprint density at radius 2 is 1.74 bits per heavy atom. The molecule has 0 amide bonds. The van der Waals surface area contributed by atoms with Crippen molar-refractivity contribution in [3.8, 4) is 5.69 Å². The van der Waals surface area contributed by atoms with Gasteiger partial charge in [0.1, 0.15) is 0 Å². The summed E-state index contributed by atoms with van der Waals surface area (Å²) in [4.78, 5) is 10.6. The van der Waals surface area contributed by atoms with Crippen molar-refractivity contribution in [2.75, 3.05) is 0 Å². The molecule has 0 aliphatic heterocycles. The molecule has 0 bridgehead atoms. The molecule has 0 aliphatic carbocycles. The fourth-order valence-corrected chi connectivity index (χ4v) is 1.38. The van der Waals surface area contributed by atoms with Crippen molar-refractivity contribution in [1.29, 1.82) is 0 Å². The first-order chi connectivity index (χ1) is 8.38. The van der Waals surface area contributed by atoms with Crippen molar-refractivity contribution >= 4 is 18.4 Å². The van der Waals surface area contributed by atoms with Gasteiger partial charge in [-0.15, -0.1) is 12.4 Å². The van der Waals surface area contributed by atoms with Gasteiger partial charge < -0.3 is 5.11 Å². The Balaban J connectivity index is 0.00000180. The van der Waals surface area contributed by atoms with Gasteiger partial charge in [-0.05, 0) is 30.3 Å². The van der Waals surface area contributed by atoms with Crippen LogP contribution in [0.2, 0.25) is 0 Å². The molecule has 0 atom stereocenters. The first-order valence-corrected chi connectivity index (χ1v) is 4.84. The van der Waals surface area contributed by atoms with E-state index in [9.17, 15) is 18.0 Å². The highest BCUT2D eigenvalue weighted by Gasteiger charge is 2.33. The van der Waals surface area contributed by atoms with Gasteiger partial charge in [-0.25, -0.2) is 9.48 Å². The molecule has 0 aliphatic rings. The van der Waals surface area contributed by atoms with Crippen molar-refractivity contribution in [2.24, 2.45) is 0 Å². The number of alkyl halides is 3. The fraction of sp³-hybridized carbons (Fsp3) is 0.0909. The molecule has 8 heteroatoms. The van der Waals surface area contributed by atoms with E-state index in [0.29, 0.717) is 5.69 Å². The molecule has 0 saturated carbocycles. The first-order valence-electron chi connectivity index (χ1n) is 4.84. The van der Waals surface area contributed by atoms with Crippen molar-refractivity contribution in [3.05, 3.63) is 47.8 Å². The molecule has 19 heavy (non-hydrogen) atoms. The quantitative estimate of drug-likeness (QED) is 0.925. The largest absolute Gasteiger partial charge is 0.478 e. The van der Waals surface area contributed by atoms with E-state index in [1.807, 2.05) is 0 Å². The lowest BCUT2D eigenvalue weighted by Crippen LogP contribution is -2.07. The summed E-state index contributed by atoms with van der Waals surface area (Å²) in [6, 6.07) is 6.22. The Hall–Kier alpha value is -2.02. The normalized spacial score (nSPS) is 10.9. The molecule has 1 aromatic heterocycles. The Labute approximate surface area is 111 Å². The lowest BCUT2D eigenvalue weighted by atomic mass is 10.2. The van der Waals surface area contributed by atoms with Crippen LogP contribution in [0.1, 0.15) is 16.1 Å². The number of carboxylic acids is 1. The second-order valence-electron chi connectivity index (χ2n) is 3.50. The van der Waals surface area contributed by atoms with Gasteiger partial charge >= 0.3 is 12.1 Å². The number of benzene rings is 1. The summed E-state index contributed by atoms with van der Waals surface area (Å²) >= 11 is 0. The minimum atomic E-state index is -4.49. The van der Waals surface area contributed by atoms with Crippen molar-refractivity contribution in [1.82, 2.24) is 9.78 Å². The van der Waals surface area contributed by atoms with Crippen LogP contribution >= 0.6 is 12.4 Å². The van der Waals surface area contributed by atoms with E-state index >= 15 is 0 Å². The predicted molar refractivity (Wildman–Crippen MR) is 62.8 cm³/mol. The zero-order chi connectivity index (χ0) is 13.3. The number of aromatic nitrogens is 2. The molecule has 0 saturated heterocycles. The van der Waals surface area contributed by atoms with Crippen molar-refractivity contribution < 1.29 is 23.1 Å². The highest BCUT2D eigenvalue weighted by atomic mass is 35.5. The van der Waals surface area contributed by atoms with Crippen LogP contribution in [0.4, 0.5) is 13.2 Å². The zero-order valence-corrected chi connectivity index (χ0v) is 10.1. The molecule has 0 unspecified atom stereocenters. The SMILES string of the molecule is Cl.O=C(O)c1ccc(-n2ccc(C(F)(F)F)n2)cc1. The van der Waals surface area contributed by atoms with Crippen molar-refractivity contribution in [2.45, 2.75) is 6.18 Å². The molecule has 0 radical (unpaired) electrons. The molecular formula is C11H8ClF3N2O2. The highest BCUT2D eigenvalue weighted by Crippen LogP contribution is 2.27. The Bertz CT molecular complexity index is 578. The van der Waals surface area contributed by atoms with E-state index in [2.05, 4.69) is 5.10 Å². The van der Waals surface area contributed by atoms with Gasteiger partial charge in [-0.2, -0.15) is 18.3 Å². The molecule has 102 valence electrons. The standard InChI is InChI=1S/C11H7F3N2O2.ClH/c12-11(13,14)9-5-6-16(15-9)8-3-1-7(2-4-8)10(17)18;/h1-6H,(H,17,18);1H. The highest BCUT2D eigenvalue weighted by molar-refractivity contribution is 5.87. The van der Waals surface area contributed by atoms with Crippen LogP contribution in [-0.2, 0) is 6.18 Å². The zero-order valence-electron chi connectivity index (χ0n) is 9.26. The topological polar surface area (TPSA) is 55.1 Å². The van der Waals surface area contributed by atoms with Crippen LogP contribution in [0, 0.1) is 0 Å². The predicted octanol–water partition coefficient (Wildman–Crippen LogP) is 3.01. The average molecular weight is 293 g/mol. The lowest BCUT2D eigenvalue weighted by Gasteiger charge is -2.03. The summed E-state index contributed by atoms with van der Waals surface area (Å²) in [5.74, 6) is -1.10. The molecular weight excluding hydrogens is 285 g/mol. The Morgan fingerprint density at radius 1 is 1.16 bits per heavy atom.